The van der Waals surface area contributed by atoms with Crippen LogP contribution in [0.2, 0.25) is 0 Å². The van der Waals surface area contributed by atoms with Gasteiger partial charge in [0.15, 0.2) is 5.78 Å². The zero-order chi connectivity index (χ0) is 18.1. The molecule has 1 fully saturated rings. The summed E-state index contributed by atoms with van der Waals surface area (Å²) in [5.41, 5.74) is 1.56. The molecule has 0 aliphatic heterocycles. The SMILES string of the molecule is COC(=O)C(CC1CCCC1)c1cn(C)c2cc(F)c(C(C)=O)cc12. The van der Waals surface area contributed by atoms with E-state index in [9.17, 15) is 14.0 Å². The van der Waals surface area contributed by atoms with Crippen LogP contribution in [0.3, 0.4) is 0 Å². The van der Waals surface area contributed by atoms with Gasteiger partial charge in [-0.1, -0.05) is 25.7 Å². The van der Waals surface area contributed by atoms with E-state index in [1.807, 2.05) is 17.8 Å². The minimum Gasteiger partial charge on any atom is -0.469 e. The standard InChI is InChI=1S/C20H24FNO3/c1-12(23)14-9-15-17(11-22(2)19(15)10-18(14)21)16(20(24)25-3)8-13-6-4-5-7-13/h9-11,13,16H,4-8H2,1-3H3. The van der Waals surface area contributed by atoms with Crippen molar-refractivity contribution < 1.29 is 18.7 Å². The summed E-state index contributed by atoms with van der Waals surface area (Å²) in [7, 11) is 3.22. The van der Waals surface area contributed by atoms with E-state index in [4.69, 9.17) is 4.74 Å². The van der Waals surface area contributed by atoms with Crippen LogP contribution < -0.4 is 0 Å². The Kier molecular flexibility index (Phi) is 4.93. The monoisotopic (exact) mass is 345 g/mol. The molecule has 0 bridgehead atoms. The molecule has 0 radical (unpaired) electrons. The second-order valence-electron chi connectivity index (χ2n) is 7.06. The van der Waals surface area contributed by atoms with E-state index < -0.39 is 5.82 Å². The Balaban J connectivity index is 2.11. The number of aryl methyl sites for hydroxylation is 1. The van der Waals surface area contributed by atoms with E-state index in [2.05, 4.69) is 0 Å². The van der Waals surface area contributed by atoms with Gasteiger partial charge in [0, 0.05) is 18.6 Å². The maximum absolute atomic E-state index is 14.2. The summed E-state index contributed by atoms with van der Waals surface area (Å²) >= 11 is 0. The molecule has 1 heterocycles. The van der Waals surface area contributed by atoms with Crippen molar-refractivity contribution in [2.75, 3.05) is 7.11 Å². The predicted octanol–water partition coefficient (Wildman–Crippen LogP) is 4.36. The van der Waals surface area contributed by atoms with Gasteiger partial charge >= 0.3 is 5.97 Å². The number of fused-ring (bicyclic) bond motifs is 1. The lowest BCUT2D eigenvalue weighted by atomic mass is 9.87. The van der Waals surface area contributed by atoms with Gasteiger partial charge in [-0.25, -0.2) is 4.39 Å². The molecule has 4 nitrogen and oxygen atoms in total. The fourth-order valence-corrected chi connectivity index (χ4v) is 4.05. The van der Waals surface area contributed by atoms with Gasteiger partial charge in [0.05, 0.1) is 24.1 Å². The van der Waals surface area contributed by atoms with Crippen LogP contribution in [0, 0.1) is 11.7 Å². The smallest absolute Gasteiger partial charge is 0.313 e. The molecule has 0 amide bonds. The van der Waals surface area contributed by atoms with Gasteiger partial charge in [0.25, 0.3) is 0 Å². The molecule has 2 aromatic rings. The van der Waals surface area contributed by atoms with E-state index in [0.29, 0.717) is 11.4 Å². The Morgan fingerprint density at radius 2 is 2.00 bits per heavy atom. The van der Waals surface area contributed by atoms with Gasteiger partial charge in [-0.15, -0.1) is 0 Å². The number of carbonyl (C=O) groups excluding carboxylic acids is 2. The number of halogens is 1. The number of nitrogens with zero attached hydrogens (tertiary/aromatic N) is 1. The van der Waals surface area contributed by atoms with Crippen LogP contribution in [-0.4, -0.2) is 23.4 Å². The number of ether oxygens (including phenoxy) is 1. The number of aromatic nitrogens is 1. The van der Waals surface area contributed by atoms with Crippen molar-refractivity contribution in [1.29, 1.82) is 0 Å². The first-order valence-corrected chi connectivity index (χ1v) is 8.79. The molecule has 1 unspecified atom stereocenters. The lowest BCUT2D eigenvalue weighted by Gasteiger charge is -2.18. The quantitative estimate of drug-likeness (QED) is 0.598. The van der Waals surface area contributed by atoms with Crippen molar-refractivity contribution in [3.63, 3.8) is 0 Å². The second-order valence-corrected chi connectivity index (χ2v) is 7.06. The third-order valence-electron chi connectivity index (χ3n) is 5.39. The van der Waals surface area contributed by atoms with E-state index in [1.54, 1.807) is 6.07 Å². The molecule has 0 saturated heterocycles. The molecule has 1 aliphatic rings. The summed E-state index contributed by atoms with van der Waals surface area (Å²) in [6.45, 7) is 1.35. The van der Waals surface area contributed by atoms with E-state index >= 15 is 0 Å². The zero-order valence-electron chi connectivity index (χ0n) is 15.0. The van der Waals surface area contributed by atoms with Gasteiger partial charge in [-0.3, -0.25) is 9.59 Å². The summed E-state index contributed by atoms with van der Waals surface area (Å²) in [5.74, 6) is -1.000. The summed E-state index contributed by atoms with van der Waals surface area (Å²) in [6, 6.07) is 2.95. The molecule has 1 saturated carbocycles. The molecule has 1 aromatic heterocycles. The van der Waals surface area contributed by atoms with Gasteiger partial charge in [-0.2, -0.15) is 0 Å². The second kappa shape index (κ2) is 6.98. The summed E-state index contributed by atoms with van der Waals surface area (Å²) in [6.07, 6.45) is 7.27. The van der Waals surface area contributed by atoms with E-state index in [-0.39, 0.29) is 23.2 Å². The number of ketones is 1. The molecular weight excluding hydrogens is 321 g/mol. The topological polar surface area (TPSA) is 48.3 Å². The first-order valence-electron chi connectivity index (χ1n) is 8.79. The summed E-state index contributed by atoms with van der Waals surface area (Å²) in [5, 5.41) is 0.752. The van der Waals surface area contributed by atoms with Crippen molar-refractivity contribution in [1.82, 2.24) is 4.57 Å². The predicted molar refractivity (Wildman–Crippen MR) is 94.2 cm³/mol. The minimum absolute atomic E-state index is 0.0597. The molecule has 1 aliphatic carbocycles. The molecule has 3 rings (SSSR count). The lowest BCUT2D eigenvalue weighted by Crippen LogP contribution is -2.17. The average Bonchev–Trinajstić information content (AvgIpc) is 3.19. The van der Waals surface area contributed by atoms with Crippen LogP contribution in [0.25, 0.3) is 10.9 Å². The maximum Gasteiger partial charge on any atom is 0.313 e. The number of Topliss-reactive ketones (excluding diaryl/α,β-unsaturated/α-hetero) is 1. The lowest BCUT2D eigenvalue weighted by molar-refractivity contribution is -0.142. The Hall–Kier alpha value is -2.17. The molecule has 1 atom stereocenters. The molecule has 134 valence electrons. The maximum atomic E-state index is 14.2. The van der Waals surface area contributed by atoms with Gasteiger partial charge in [-0.05, 0) is 37.0 Å². The van der Waals surface area contributed by atoms with Crippen LogP contribution >= 0.6 is 0 Å². The molecule has 25 heavy (non-hydrogen) atoms. The van der Waals surface area contributed by atoms with Crippen LogP contribution in [0.15, 0.2) is 18.3 Å². The number of rotatable bonds is 5. The van der Waals surface area contributed by atoms with Gasteiger partial charge in [0.1, 0.15) is 5.82 Å². The Morgan fingerprint density at radius 1 is 1.32 bits per heavy atom. The summed E-state index contributed by atoms with van der Waals surface area (Å²) < 4.78 is 21.0. The number of methoxy groups -OCH3 is 1. The minimum atomic E-state index is -0.529. The van der Waals surface area contributed by atoms with E-state index in [0.717, 1.165) is 30.2 Å². The van der Waals surface area contributed by atoms with Crippen molar-refractivity contribution in [2.24, 2.45) is 13.0 Å². The molecular formula is C20H24FNO3. The highest BCUT2D eigenvalue weighted by atomic mass is 19.1. The van der Waals surface area contributed by atoms with Crippen LogP contribution in [-0.2, 0) is 16.6 Å². The zero-order valence-corrected chi connectivity index (χ0v) is 15.0. The van der Waals surface area contributed by atoms with Crippen molar-refractivity contribution >= 4 is 22.7 Å². The highest BCUT2D eigenvalue weighted by Gasteiger charge is 2.30. The fraction of sp³-hybridized carbons (Fsp3) is 0.500. The van der Waals surface area contributed by atoms with Gasteiger partial charge < -0.3 is 9.30 Å². The number of hydrogen-bond acceptors (Lipinski definition) is 3. The van der Waals surface area contributed by atoms with Gasteiger partial charge in [0.2, 0.25) is 0 Å². The molecule has 5 heteroatoms. The number of benzene rings is 1. The number of esters is 1. The van der Waals surface area contributed by atoms with Crippen LogP contribution in [0.4, 0.5) is 4.39 Å². The molecule has 0 spiro atoms. The largest absolute Gasteiger partial charge is 0.469 e. The normalized spacial score (nSPS) is 16.3. The highest BCUT2D eigenvalue weighted by molar-refractivity contribution is 6.00. The summed E-state index contributed by atoms with van der Waals surface area (Å²) in [4.78, 5) is 24.2. The highest BCUT2D eigenvalue weighted by Crippen LogP contribution is 2.38. The van der Waals surface area contributed by atoms with E-state index in [1.165, 1.54) is 32.9 Å². The van der Waals surface area contributed by atoms with Crippen molar-refractivity contribution in [3.8, 4) is 0 Å². The van der Waals surface area contributed by atoms with Crippen LogP contribution in [0.1, 0.15) is 60.9 Å². The van der Waals surface area contributed by atoms with Crippen molar-refractivity contribution in [2.45, 2.75) is 44.9 Å². The Bertz CT molecular complexity index is 818. The number of carbonyl (C=O) groups is 2. The molecule has 1 aromatic carbocycles. The Labute approximate surface area is 147 Å². The van der Waals surface area contributed by atoms with Crippen LogP contribution in [0.5, 0.6) is 0 Å². The third kappa shape index (κ3) is 3.32. The first-order chi connectivity index (χ1) is 11.9. The third-order valence-corrected chi connectivity index (χ3v) is 5.39. The fourth-order valence-electron chi connectivity index (χ4n) is 4.05. The van der Waals surface area contributed by atoms with Crippen molar-refractivity contribution in [3.05, 3.63) is 35.3 Å². The first kappa shape index (κ1) is 17.6. The average molecular weight is 345 g/mol. The molecule has 0 N–H and O–H groups in total. The number of hydrogen-bond donors (Lipinski definition) is 0. The Morgan fingerprint density at radius 3 is 2.60 bits per heavy atom.